The van der Waals surface area contributed by atoms with Gasteiger partial charge in [0.2, 0.25) is 0 Å². The Kier molecular flexibility index (Phi) is 5.43. The lowest BCUT2D eigenvalue weighted by atomic mass is 10.1. The Morgan fingerprint density at radius 1 is 0.931 bits per heavy atom. The normalized spacial score (nSPS) is 15.1. The quantitative estimate of drug-likeness (QED) is 0.715. The highest BCUT2D eigenvalue weighted by Crippen LogP contribution is 2.33. The van der Waals surface area contributed by atoms with Crippen LogP contribution in [0.25, 0.3) is 0 Å². The fraction of sp³-hybridized carbons (Fsp3) is 0.200. The molecule has 0 saturated heterocycles. The average Bonchev–Trinajstić information content (AvgIpc) is 3.09. The van der Waals surface area contributed by atoms with Crippen molar-refractivity contribution in [1.29, 1.82) is 0 Å². The summed E-state index contributed by atoms with van der Waals surface area (Å²) in [6.07, 6.45) is 1.62. The lowest BCUT2D eigenvalue weighted by molar-refractivity contribution is 0.0954. The van der Waals surface area contributed by atoms with Crippen LogP contribution < -0.4 is 10.2 Å². The van der Waals surface area contributed by atoms with Gasteiger partial charge in [0.1, 0.15) is 0 Å². The number of carbonyl (C=O) groups excluding carboxylic acids is 2. The number of amides is 2. The molecule has 0 aliphatic carbocycles. The predicted octanol–water partition coefficient (Wildman–Crippen LogP) is 4.25. The minimum absolute atomic E-state index is 0.0682. The highest BCUT2D eigenvalue weighted by molar-refractivity contribution is 6.09. The molecule has 1 unspecified atom stereocenters. The number of carbonyl (C=O) groups is 2. The second-order valence-electron chi connectivity index (χ2n) is 7.43. The second kappa shape index (κ2) is 8.31. The van der Waals surface area contributed by atoms with E-state index < -0.39 is 0 Å². The number of nitrogens with zero attached hydrogens (tertiary/aromatic N) is 1. The van der Waals surface area contributed by atoms with Gasteiger partial charge in [-0.25, -0.2) is 0 Å². The van der Waals surface area contributed by atoms with Gasteiger partial charge < -0.3 is 10.2 Å². The third-order valence-corrected chi connectivity index (χ3v) is 5.34. The van der Waals surface area contributed by atoms with Crippen LogP contribution in [0.2, 0.25) is 0 Å². The highest BCUT2D eigenvalue weighted by atomic mass is 16.2. The standard InChI is InChI=1S/C25H24N2O2/c1-18-16-20-10-5-6-13-23(20)27(18)25(29)22-12-7-11-21(17-22)24(28)26-15-14-19-8-3-2-4-9-19/h2-13,17-18H,14-16H2,1H3,(H,26,28). The molecule has 0 saturated carbocycles. The van der Waals surface area contributed by atoms with Gasteiger partial charge in [0, 0.05) is 29.4 Å². The molecule has 1 aliphatic rings. The van der Waals surface area contributed by atoms with Gasteiger partial charge in [-0.15, -0.1) is 0 Å². The molecular weight excluding hydrogens is 360 g/mol. The first kappa shape index (κ1) is 18.9. The van der Waals surface area contributed by atoms with Crippen LogP contribution in [0.15, 0.2) is 78.9 Å². The van der Waals surface area contributed by atoms with Crippen LogP contribution in [0.4, 0.5) is 5.69 Å². The molecule has 3 aromatic rings. The number of nitrogens with one attached hydrogen (secondary N) is 1. The summed E-state index contributed by atoms with van der Waals surface area (Å²) in [4.78, 5) is 27.6. The number of fused-ring (bicyclic) bond motifs is 1. The molecule has 4 nitrogen and oxygen atoms in total. The van der Waals surface area contributed by atoms with Gasteiger partial charge in [0.05, 0.1) is 0 Å². The number of anilines is 1. The molecular formula is C25H24N2O2. The fourth-order valence-electron chi connectivity index (χ4n) is 3.87. The molecule has 2 amide bonds. The topological polar surface area (TPSA) is 49.4 Å². The van der Waals surface area contributed by atoms with Crippen LogP contribution in [0.3, 0.4) is 0 Å². The van der Waals surface area contributed by atoms with Crippen molar-refractivity contribution >= 4 is 17.5 Å². The van der Waals surface area contributed by atoms with Crippen LogP contribution in [0, 0.1) is 0 Å². The summed E-state index contributed by atoms with van der Waals surface area (Å²) in [7, 11) is 0. The number of hydrogen-bond donors (Lipinski definition) is 1. The van der Waals surface area contributed by atoms with Crippen molar-refractivity contribution in [3.05, 3.63) is 101 Å². The SMILES string of the molecule is CC1Cc2ccccc2N1C(=O)c1cccc(C(=O)NCCc2ccccc2)c1. The molecule has 146 valence electrons. The Labute approximate surface area is 171 Å². The zero-order valence-electron chi connectivity index (χ0n) is 16.5. The third kappa shape index (κ3) is 4.06. The maximum atomic E-state index is 13.2. The molecule has 1 heterocycles. The van der Waals surface area contributed by atoms with Crippen molar-refractivity contribution in [2.45, 2.75) is 25.8 Å². The van der Waals surface area contributed by atoms with Crippen molar-refractivity contribution in [3.8, 4) is 0 Å². The van der Waals surface area contributed by atoms with Crippen molar-refractivity contribution in [2.75, 3.05) is 11.4 Å². The third-order valence-electron chi connectivity index (χ3n) is 5.34. The van der Waals surface area contributed by atoms with E-state index >= 15 is 0 Å². The lowest BCUT2D eigenvalue weighted by Crippen LogP contribution is -2.36. The van der Waals surface area contributed by atoms with E-state index in [1.54, 1.807) is 24.3 Å². The minimum Gasteiger partial charge on any atom is -0.352 e. The van der Waals surface area contributed by atoms with Gasteiger partial charge in [-0.2, -0.15) is 0 Å². The number of rotatable bonds is 5. The largest absolute Gasteiger partial charge is 0.352 e. The van der Waals surface area contributed by atoms with Crippen molar-refractivity contribution in [1.82, 2.24) is 5.32 Å². The van der Waals surface area contributed by atoms with Crippen LogP contribution >= 0.6 is 0 Å². The van der Waals surface area contributed by atoms with Gasteiger partial charge in [0.15, 0.2) is 0 Å². The smallest absolute Gasteiger partial charge is 0.258 e. The second-order valence-corrected chi connectivity index (χ2v) is 7.43. The van der Waals surface area contributed by atoms with E-state index in [2.05, 4.69) is 18.3 Å². The summed E-state index contributed by atoms with van der Waals surface area (Å²) in [6.45, 7) is 2.61. The summed E-state index contributed by atoms with van der Waals surface area (Å²) in [5.74, 6) is -0.230. The first-order valence-electron chi connectivity index (χ1n) is 9.97. The van der Waals surface area contributed by atoms with Gasteiger partial charge in [-0.05, 0) is 55.2 Å². The predicted molar refractivity (Wildman–Crippen MR) is 115 cm³/mol. The maximum Gasteiger partial charge on any atom is 0.258 e. The van der Waals surface area contributed by atoms with Crippen LogP contribution in [-0.2, 0) is 12.8 Å². The van der Waals surface area contributed by atoms with Gasteiger partial charge >= 0.3 is 0 Å². The average molecular weight is 384 g/mol. The van der Waals surface area contributed by atoms with Crippen molar-refractivity contribution < 1.29 is 9.59 Å². The molecule has 1 N–H and O–H groups in total. The van der Waals surface area contributed by atoms with Gasteiger partial charge in [0.25, 0.3) is 11.8 Å². The molecule has 3 aromatic carbocycles. The molecule has 4 heteroatoms. The maximum absolute atomic E-state index is 13.2. The first-order valence-corrected chi connectivity index (χ1v) is 9.97. The van der Waals surface area contributed by atoms with Crippen LogP contribution in [-0.4, -0.2) is 24.4 Å². The van der Waals surface area contributed by atoms with Gasteiger partial charge in [-0.3, -0.25) is 9.59 Å². The molecule has 0 fully saturated rings. The molecule has 0 aromatic heterocycles. The van der Waals surface area contributed by atoms with Crippen molar-refractivity contribution in [2.24, 2.45) is 0 Å². The zero-order valence-corrected chi connectivity index (χ0v) is 16.5. The van der Waals surface area contributed by atoms with E-state index in [4.69, 9.17) is 0 Å². The minimum atomic E-state index is -0.162. The Balaban J connectivity index is 1.46. The van der Waals surface area contributed by atoms with E-state index in [1.165, 1.54) is 11.1 Å². The summed E-state index contributed by atoms with van der Waals surface area (Å²) in [5.41, 5.74) is 4.36. The summed E-state index contributed by atoms with van der Waals surface area (Å²) in [6, 6.07) is 25.1. The molecule has 1 aliphatic heterocycles. The molecule has 29 heavy (non-hydrogen) atoms. The first-order chi connectivity index (χ1) is 14.1. The van der Waals surface area contributed by atoms with Crippen molar-refractivity contribution in [3.63, 3.8) is 0 Å². The Hall–Kier alpha value is -3.40. The van der Waals surface area contributed by atoms with Gasteiger partial charge in [-0.1, -0.05) is 54.6 Å². The number of benzene rings is 3. The molecule has 1 atom stereocenters. The Bertz CT molecular complexity index is 1030. The van der Waals surface area contributed by atoms with E-state index in [9.17, 15) is 9.59 Å². The summed E-state index contributed by atoms with van der Waals surface area (Å²) >= 11 is 0. The lowest BCUT2D eigenvalue weighted by Gasteiger charge is -2.23. The van der Waals surface area contributed by atoms with Crippen LogP contribution in [0.1, 0.15) is 38.8 Å². The van der Waals surface area contributed by atoms with E-state index in [1.807, 2.05) is 53.4 Å². The number of hydrogen-bond acceptors (Lipinski definition) is 2. The Morgan fingerprint density at radius 3 is 2.48 bits per heavy atom. The summed E-state index contributed by atoms with van der Waals surface area (Å²) in [5, 5.41) is 2.94. The molecule has 0 bridgehead atoms. The zero-order chi connectivity index (χ0) is 20.2. The molecule has 4 rings (SSSR count). The fourth-order valence-corrected chi connectivity index (χ4v) is 3.87. The van der Waals surface area contributed by atoms with Crippen LogP contribution in [0.5, 0.6) is 0 Å². The Morgan fingerprint density at radius 2 is 1.66 bits per heavy atom. The highest BCUT2D eigenvalue weighted by Gasteiger charge is 2.31. The van der Waals surface area contributed by atoms with E-state index in [0.717, 1.165) is 18.5 Å². The van der Waals surface area contributed by atoms with E-state index in [-0.39, 0.29) is 17.9 Å². The number of para-hydroxylation sites is 1. The molecule has 0 spiro atoms. The molecule has 0 radical (unpaired) electrons. The summed E-state index contributed by atoms with van der Waals surface area (Å²) < 4.78 is 0. The monoisotopic (exact) mass is 384 g/mol. The van der Waals surface area contributed by atoms with E-state index in [0.29, 0.717) is 17.7 Å².